The van der Waals surface area contributed by atoms with Crippen molar-refractivity contribution in [3.8, 4) is 6.07 Å². The fourth-order valence-electron chi connectivity index (χ4n) is 2.34. The number of aliphatic hydroxyl groups excluding tert-OH is 1. The van der Waals surface area contributed by atoms with Gasteiger partial charge >= 0.3 is 0 Å². The number of nitrogens with two attached hydrogens (primary N) is 1. The summed E-state index contributed by atoms with van der Waals surface area (Å²) in [6, 6.07) is 9.71. The Bertz CT molecular complexity index is 441. The Morgan fingerprint density at radius 3 is 2.94 bits per heavy atom. The highest BCUT2D eigenvalue weighted by Crippen LogP contribution is 2.26. The van der Waals surface area contributed by atoms with Gasteiger partial charge in [0.1, 0.15) is 6.07 Å². The van der Waals surface area contributed by atoms with Gasteiger partial charge in [-0.15, -0.1) is 0 Å². The number of nitrogens with zero attached hydrogens (tertiary/aromatic N) is 2. The molecule has 1 aliphatic heterocycles. The molecule has 0 amide bonds. The minimum Gasteiger partial charge on any atom is -0.394 e. The third-order valence-corrected chi connectivity index (χ3v) is 3.29. The Balaban J connectivity index is 2.26. The van der Waals surface area contributed by atoms with E-state index in [1.165, 1.54) is 0 Å². The van der Waals surface area contributed by atoms with E-state index in [-0.39, 0.29) is 6.61 Å². The molecule has 1 heterocycles. The van der Waals surface area contributed by atoms with Gasteiger partial charge in [-0.1, -0.05) is 12.1 Å². The van der Waals surface area contributed by atoms with Gasteiger partial charge in [0.25, 0.3) is 0 Å². The monoisotopic (exact) mass is 231 g/mol. The van der Waals surface area contributed by atoms with E-state index in [2.05, 4.69) is 11.0 Å². The van der Waals surface area contributed by atoms with Crippen molar-refractivity contribution in [1.82, 2.24) is 0 Å². The van der Waals surface area contributed by atoms with Crippen molar-refractivity contribution < 1.29 is 5.11 Å². The van der Waals surface area contributed by atoms with Gasteiger partial charge in [0.2, 0.25) is 0 Å². The van der Waals surface area contributed by atoms with Crippen LogP contribution in [0.15, 0.2) is 24.3 Å². The number of hydrogen-bond acceptors (Lipinski definition) is 4. The summed E-state index contributed by atoms with van der Waals surface area (Å²) < 4.78 is 0. The molecule has 1 fully saturated rings. The molecule has 0 spiro atoms. The molecule has 0 aliphatic carbocycles. The van der Waals surface area contributed by atoms with Gasteiger partial charge in [0.15, 0.2) is 0 Å². The number of hydrogen-bond donors (Lipinski definition) is 2. The second-order valence-corrected chi connectivity index (χ2v) is 4.67. The standard InChI is InChI=1S/C13H17N3O/c14-8-11-4-1-2-5-12(11)16-7-3-6-13(15,9-16)10-17/h1-2,4-5,17H,3,6-7,9-10,15H2. The maximum absolute atomic E-state index is 9.32. The number of benzene rings is 1. The summed E-state index contributed by atoms with van der Waals surface area (Å²) in [5, 5.41) is 18.4. The Hall–Kier alpha value is -1.57. The van der Waals surface area contributed by atoms with Crippen LogP contribution < -0.4 is 10.6 Å². The second-order valence-electron chi connectivity index (χ2n) is 4.67. The quantitative estimate of drug-likeness (QED) is 0.791. The Kier molecular flexibility index (Phi) is 3.32. The van der Waals surface area contributed by atoms with Gasteiger partial charge in [0.05, 0.1) is 23.4 Å². The van der Waals surface area contributed by atoms with E-state index in [9.17, 15) is 5.11 Å². The molecule has 2 rings (SSSR count). The summed E-state index contributed by atoms with van der Waals surface area (Å²) in [6.45, 7) is 1.47. The van der Waals surface area contributed by atoms with Crippen molar-refractivity contribution in [3.05, 3.63) is 29.8 Å². The average Bonchev–Trinajstić information content (AvgIpc) is 2.39. The number of piperidine rings is 1. The predicted molar refractivity (Wildman–Crippen MR) is 66.6 cm³/mol. The first-order chi connectivity index (χ1) is 8.18. The van der Waals surface area contributed by atoms with Crippen molar-refractivity contribution >= 4 is 5.69 Å². The lowest BCUT2D eigenvalue weighted by atomic mass is 9.90. The van der Waals surface area contributed by atoms with Gasteiger partial charge < -0.3 is 15.7 Å². The number of rotatable bonds is 2. The van der Waals surface area contributed by atoms with Crippen molar-refractivity contribution in [2.24, 2.45) is 5.73 Å². The number of para-hydroxylation sites is 1. The molecular weight excluding hydrogens is 214 g/mol. The van der Waals surface area contributed by atoms with Gasteiger partial charge in [0, 0.05) is 13.1 Å². The lowest BCUT2D eigenvalue weighted by molar-refractivity contribution is 0.177. The molecule has 1 atom stereocenters. The van der Waals surface area contributed by atoms with Crippen LogP contribution in [0, 0.1) is 11.3 Å². The number of aliphatic hydroxyl groups is 1. The Morgan fingerprint density at radius 1 is 1.47 bits per heavy atom. The minimum absolute atomic E-state index is 0.0157. The van der Waals surface area contributed by atoms with Crippen LogP contribution in [0.1, 0.15) is 18.4 Å². The van der Waals surface area contributed by atoms with E-state index < -0.39 is 5.54 Å². The lowest BCUT2D eigenvalue weighted by Crippen LogP contribution is -2.56. The summed E-state index contributed by atoms with van der Waals surface area (Å²) >= 11 is 0. The molecule has 1 saturated heterocycles. The zero-order valence-corrected chi connectivity index (χ0v) is 9.76. The van der Waals surface area contributed by atoms with E-state index in [4.69, 9.17) is 11.0 Å². The smallest absolute Gasteiger partial charge is 0.101 e. The first kappa shape index (κ1) is 11.9. The van der Waals surface area contributed by atoms with E-state index >= 15 is 0 Å². The van der Waals surface area contributed by atoms with E-state index in [0.717, 1.165) is 25.1 Å². The third-order valence-electron chi connectivity index (χ3n) is 3.29. The first-order valence-corrected chi connectivity index (χ1v) is 5.82. The van der Waals surface area contributed by atoms with Gasteiger partial charge in [-0.05, 0) is 25.0 Å². The molecule has 4 heteroatoms. The van der Waals surface area contributed by atoms with Gasteiger partial charge in [-0.3, -0.25) is 0 Å². The predicted octanol–water partition coefficient (Wildman–Crippen LogP) is 0.848. The van der Waals surface area contributed by atoms with E-state index in [1.54, 1.807) is 6.07 Å². The van der Waals surface area contributed by atoms with Crippen LogP contribution in [0.25, 0.3) is 0 Å². The summed E-state index contributed by atoms with van der Waals surface area (Å²) in [7, 11) is 0. The molecule has 0 bridgehead atoms. The minimum atomic E-state index is -0.541. The molecule has 0 aromatic heterocycles. The maximum atomic E-state index is 9.32. The molecule has 0 radical (unpaired) electrons. The van der Waals surface area contributed by atoms with Crippen LogP contribution >= 0.6 is 0 Å². The molecule has 1 aromatic carbocycles. The van der Waals surface area contributed by atoms with Crippen LogP contribution in [-0.4, -0.2) is 30.3 Å². The van der Waals surface area contributed by atoms with Crippen molar-refractivity contribution in [3.63, 3.8) is 0 Å². The summed E-state index contributed by atoms with van der Waals surface area (Å²) in [5.41, 5.74) is 7.14. The molecule has 1 aliphatic rings. The molecule has 17 heavy (non-hydrogen) atoms. The first-order valence-electron chi connectivity index (χ1n) is 5.82. The van der Waals surface area contributed by atoms with Gasteiger partial charge in [-0.2, -0.15) is 5.26 Å². The van der Waals surface area contributed by atoms with Gasteiger partial charge in [-0.25, -0.2) is 0 Å². The van der Waals surface area contributed by atoms with Crippen LogP contribution in [0.5, 0.6) is 0 Å². The van der Waals surface area contributed by atoms with Crippen LogP contribution in [0.2, 0.25) is 0 Å². The fraction of sp³-hybridized carbons (Fsp3) is 0.462. The summed E-state index contributed by atoms with van der Waals surface area (Å²) in [6.07, 6.45) is 1.77. The summed E-state index contributed by atoms with van der Waals surface area (Å²) in [5.74, 6) is 0. The topological polar surface area (TPSA) is 73.3 Å². The van der Waals surface area contributed by atoms with Crippen LogP contribution in [0.3, 0.4) is 0 Å². The fourth-order valence-corrected chi connectivity index (χ4v) is 2.34. The van der Waals surface area contributed by atoms with Crippen molar-refractivity contribution in [2.75, 3.05) is 24.6 Å². The molecule has 3 N–H and O–H groups in total. The summed E-state index contributed by atoms with van der Waals surface area (Å²) in [4.78, 5) is 2.10. The van der Waals surface area contributed by atoms with E-state index in [1.807, 2.05) is 18.2 Å². The molecule has 90 valence electrons. The Morgan fingerprint density at radius 2 is 2.24 bits per heavy atom. The average molecular weight is 231 g/mol. The van der Waals surface area contributed by atoms with E-state index in [0.29, 0.717) is 12.1 Å². The zero-order valence-electron chi connectivity index (χ0n) is 9.76. The zero-order chi connectivity index (χ0) is 12.3. The molecule has 1 aromatic rings. The lowest BCUT2D eigenvalue weighted by Gasteiger charge is -2.40. The Labute approximate surface area is 101 Å². The number of nitriles is 1. The molecular formula is C13H17N3O. The second kappa shape index (κ2) is 4.74. The molecule has 0 saturated carbocycles. The highest BCUT2D eigenvalue weighted by atomic mass is 16.3. The SMILES string of the molecule is N#Cc1ccccc1N1CCCC(N)(CO)C1. The maximum Gasteiger partial charge on any atom is 0.101 e. The van der Waals surface area contributed by atoms with Crippen LogP contribution in [0.4, 0.5) is 5.69 Å². The largest absolute Gasteiger partial charge is 0.394 e. The normalized spacial score (nSPS) is 24.4. The van der Waals surface area contributed by atoms with Crippen molar-refractivity contribution in [1.29, 1.82) is 5.26 Å². The highest BCUT2D eigenvalue weighted by Gasteiger charge is 2.31. The van der Waals surface area contributed by atoms with Crippen molar-refractivity contribution in [2.45, 2.75) is 18.4 Å². The third kappa shape index (κ3) is 2.41. The highest BCUT2D eigenvalue weighted by molar-refractivity contribution is 5.59. The number of anilines is 1. The van der Waals surface area contributed by atoms with Crippen LogP contribution in [-0.2, 0) is 0 Å². The molecule has 1 unspecified atom stereocenters. The molecule has 4 nitrogen and oxygen atoms in total.